The number of para-hydroxylation sites is 2. The highest BCUT2D eigenvalue weighted by Crippen LogP contribution is 2.40. The number of anilines is 2. The second-order valence-electron chi connectivity index (χ2n) is 4.11. The minimum atomic E-state index is -4.70. The molecule has 0 aliphatic carbocycles. The lowest BCUT2D eigenvalue weighted by atomic mass is 10.1. The Balaban J connectivity index is 2.43. The molecular formula is C11H13F3N2O. The molecule has 0 aromatic heterocycles. The van der Waals surface area contributed by atoms with E-state index in [1.165, 1.54) is 0 Å². The number of rotatable bonds is 1. The van der Waals surface area contributed by atoms with Crippen LogP contribution in [0.2, 0.25) is 0 Å². The number of hydrogen-bond acceptors (Lipinski definition) is 3. The van der Waals surface area contributed by atoms with Crippen LogP contribution >= 0.6 is 0 Å². The molecule has 0 saturated carbocycles. The summed E-state index contributed by atoms with van der Waals surface area (Å²) in [4.78, 5) is 0.971. The lowest BCUT2D eigenvalue weighted by Gasteiger charge is -2.42. The van der Waals surface area contributed by atoms with Crippen molar-refractivity contribution in [1.29, 1.82) is 0 Å². The summed E-state index contributed by atoms with van der Waals surface area (Å²) in [5, 5.41) is 12.7. The Kier molecular flexibility index (Phi) is 2.69. The largest absolute Gasteiger partial charge is 0.436 e. The van der Waals surface area contributed by atoms with Crippen molar-refractivity contribution in [2.75, 3.05) is 23.3 Å². The van der Waals surface area contributed by atoms with Gasteiger partial charge in [-0.15, -0.1) is 0 Å². The first-order valence-electron chi connectivity index (χ1n) is 5.23. The summed E-state index contributed by atoms with van der Waals surface area (Å²) in [5.41, 5.74) is -1.89. The maximum atomic E-state index is 12.8. The zero-order chi connectivity index (χ0) is 12.7. The number of nitrogens with zero attached hydrogens (tertiary/aromatic N) is 1. The van der Waals surface area contributed by atoms with Gasteiger partial charge in [0.25, 0.3) is 0 Å². The average Bonchev–Trinajstić information content (AvgIpc) is 2.26. The van der Waals surface area contributed by atoms with Crippen LogP contribution in [0.25, 0.3) is 0 Å². The first kappa shape index (κ1) is 12.0. The lowest BCUT2D eigenvalue weighted by molar-refractivity contribution is -0.252. The standard InChI is InChI=1S/C11H13F3N2O/c1-10(17,11(12,13)14)16-7-6-15-8-4-2-3-5-9(8)16/h2-5,15,17H,6-7H2,1H3. The minimum Gasteiger partial charge on any atom is -0.382 e. The maximum Gasteiger partial charge on any atom is 0.436 e. The molecule has 1 atom stereocenters. The molecule has 0 saturated heterocycles. The number of nitrogens with one attached hydrogen (secondary N) is 1. The van der Waals surface area contributed by atoms with Gasteiger partial charge in [0.05, 0.1) is 11.4 Å². The van der Waals surface area contributed by atoms with E-state index in [0.29, 0.717) is 17.9 Å². The van der Waals surface area contributed by atoms with Gasteiger partial charge in [0.15, 0.2) is 0 Å². The fourth-order valence-corrected chi connectivity index (χ4v) is 1.89. The lowest BCUT2D eigenvalue weighted by Crippen LogP contribution is -2.59. The number of benzene rings is 1. The predicted octanol–water partition coefficient (Wildman–Crippen LogP) is 2.19. The number of halogens is 3. The summed E-state index contributed by atoms with van der Waals surface area (Å²) in [6.45, 7) is 1.24. The number of fused-ring (bicyclic) bond motifs is 1. The molecule has 0 amide bonds. The summed E-state index contributed by atoms with van der Waals surface area (Å²) in [6.07, 6.45) is -4.70. The van der Waals surface area contributed by atoms with Crippen LogP contribution in [0.5, 0.6) is 0 Å². The van der Waals surface area contributed by atoms with Gasteiger partial charge >= 0.3 is 6.18 Å². The number of alkyl halides is 3. The fourth-order valence-electron chi connectivity index (χ4n) is 1.89. The summed E-state index contributed by atoms with van der Waals surface area (Å²) in [7, 11) is 0. The summed E-state index contributed by atoms with van der Waals surface area (Å²) >= 11 is 0. The molecular weight excluding hydrogens is 233 g/mol. The third kappa shape index (κ3) is 1.93. The Morgan fingerprint density at radius 3 is 2.59 bits per heavy atom. The Labute approximate surface area is 96.9 Å². The predicted molar refractivity (Wildman–Crippen MR) is 59.0 cm³/mol. The highest BCUT2D eigenvalue weighted by molar-refractivity contribution is 5.72. The number of hydrogen-bond donors (Lipinski definition) is 2. The van der Waals surface area contributed by atoms with Crippen LogP contribution < -0.4 is 10.2 Å². The van der Waals surface area contributed by atoms with Gasteiger partial charge in [0, 0.05) is 13.1 Å². The smallest absolute Gasteiger partial charge is 0.382 e. The molecule has 1 aliphatic rings. The van der Waals surface area contributed by atoms with E-state index in [2.05, 4.69) is 5.32 Å². The maximum absolute atomic E-state index is 12.8. The van der Waals surface area contributed by atoms with E-state index in [1.807, 2.05) is 0 Å². The van der Waals surface area contributed by atoms with Crippen molar-refractivity contribution in [3.8, 4) is 0 Å². The molecule has 0 spiro atoms. The summed E-state index contributed by atoms with van der Waals surface area (Å²) < 4.78 is 38.4. The van der Waals surface area contributed by atoms with Crippen LogP contribution in [-0.2, 0) is 0 Å². The van der Waals surface area contributed by atoms with Crippen LogP contribution in [0, 0.1) is 0 Å². The van der Waals surface area contributed by atoms with Crippen LogP contribution in [-0.4, -0.2) is 30.1 Å². The van der Waals surface area contributed by atoms with Gasteiger partial charge in [-0.1, -0.05) is 12.1 Å². The topological polar surface area (TPSA) is 35.5 Å². The molecule has 0 radical (unpaired) electrons. The van der Waals surface area contributed by atoms with Gasteiger partial charge < -0.3 is 15.3 Å². The SMILES string of the molecule is CC(O)(N1CCNc2ccccc21)C(F)(F)F. The molecule has 0 bridgehead atoms. The normalized spacial score (nSPS) is 19.2. The van der Waals surface area contributed by atoms with Crippen molar-refractivity contribution in [2.45, 2.75) is 18.8 Å². The first-order chi connectivity index (χ1) is 7.84. The summed E-state index contributed by atoms with van der Waals surface area (Å²) in [6, 6.07) is 6.62. The molecule has 2 rings (SSSR count). The second kappa shape index (κ2) is 3.80. The Hall–Kier alpha value is -1.43. The number of aliphatic hydroxyl groups is 1. The van der Waals surface area contributed by atoms with E-state index >= 15 is 0 Å². The molecule has 1 heterocycles. The van der Waals surface area contributed by atoms with Crippen molar-refractivity contribution in [1.82, 2.24) is 0 Å². The molecule has 17 heavy (non-hydrogen) atoms. The second-order valence-corrected chi connectivity index (χ2v) is 4.11. The van der Waals surface area contributed by atoms with Crippen LogP contribution in [0.1, 0.15) is 6.92 Å². The quantitative estimate of drug-likeness (QED) is 0.797. The Morgan fingerprint density at radius 2 is 1.94 bits per heavy atom. The Morgan fingerprint density at radius 1 is 1.29 bits per heavy atom. The van der Waals surface area contributed by atoms with E-state index in [-0.39, 0.29) is 6.54 Å². The molecule has 0 fully saturated rings. The molecule has 1 aromatic rings. The summed E-state index contributed by atoms with van der Waals surface area (Å²) in [5.74, 6) is 0. The third-order valence-electron chi connectivity index (χ3n) is 2.91. The van der Waals surface area contributed by atoms with Crippen molar-refractivity contribution in [3.63, 3.8) is 0 Å². The van der Waals surface area contributed by atoms with Crippen molar-refractivity contribution < 1.29 is 18.3 Å². The van der Waals surface area contributed by atoms with E-state index in [9.17, 15) is 18.3 Å². The molecule has 3 nitrogen and oxygen atoms in total. The monoisotopic (exact) mass is 246 g/mol. The minimum absolute atomic E-state index is 0.101. The zero-order valence-corrected chi connectivity index (χ0v) is 9.25. The van der Waals surface area contributed by atoms with E-state index in [0.717, 1.165) is 11.8 Å². The fraction of sp³-hybridized carbons (Fsp3) is 0.455. The van der Waals surface area contributed by atoms with Gasteiger partial charge in [-0.05, 0) is 19.1 Å². The van der Waals surface area contributed by atoms with E-state index < -0.39 is 11.9 Å². The van der Waals surface area contributed by atoms with Crippen LogP contribution in [0.4, 0.5) is 24.5 Å². The van der Waals surface area contributed by atoms with Crippen molar-refractivity contribution in [3.05, 3.63) is 24.3 Å². The third-order valence-corrected chi connectivity index (χ3v) is 2.91. The zero-order valence-electron chi connectivity index (χ0n) is 9.25. The Bertz CT molecular complexity index is 417. The molecule has 1 aliphatic heterocycles. The van der Waals surface area contributed by atoms with Crippen molar-refractivity contribution >= 4 is 11.4 Å². The highest BCUT2D eigenvalue weighted by atomic mass is 19.4. The molecule has 2 N–H and O–H groups in total. The average molecular weight is 246 g/mol. The van der Waals surface area contributed by atoms with Crippen LogP contribution in [0.3, 0.4) is 0 Å². The van der Waals surface area contributed by atoms with E-state index in [4.69, 9.17) is 0 Å². The van der Waals surface area contributed by atoms with Gasteiger partial charge in [0.1, 0.15) is 0 Å². The van der Waals surface area contributed by atoms with Gasteiger partial charge in [0.2, 0.25) is 5.72 Å². The highest BCUT2D eigenvalue weighted by Gasteiger charge is 2.55. The van der Waals surface area contributed by atoms with Gasteiger partial charge in [-0.25, -0.2) is 0 Å². The first-order valence-corrected chi connectivity index (χ1v) is 5.23. The van der Waals surface area contributed by atoms with Crippen LogP contribution in [0.15, 0.2) is 24.3 Å². The van der Waals surface area contributed by atoms with Crippen molar-refractivity contribution in [2.24, 2.45) is 0 Å². The molecule has 6 heteroatoms. The molecule has 94 valence electrons. The van der Waals surface area contributed by atoms with Gasteiger partial charge in [-0.2, -0.15) is 13.2 Å². The van der Waals surface area contributed by atoms with E-state index in [1.54, 1.807) is 24.3 Å². The molecule has 1 aromatic carbocycles. The van der Waals surface area contributed by atoms with Gasteiger partial charge in [-0.3, -0.25) is 0 Å². The molecule has 1 unspecified atom stereocenters.